The highest BCUT2D eigenvalue weighted by atomic mass is 28.2. The van der Waals surface area contributed by atoms with E-state index in [1.54, 1.807) is 0 Å². The lowest BCUT2D eigenvalue weighted by molar-refractivity contribution is 0.164. The molecule has 0 heterocycles. The van der Waals surface area contributed by atoms with E-state index in [2.05, 4.69) is 41.0 Å². The molecular weight excluding hydrogens is 473 g/mol. The summed E-state index contributed by atoms with van der Waals surface area (Å²) in [4.78, 5) is 0. The van der Waals surface area contributed by atoms with E-state index in [-0.39, 0.29) is 0 Å². The van der Waals surface area contributed by atoms with E-state index in [1.165, 1.54) is 153 Å². The van der Waals surface area contributed by atoms with Gasteiger partial charge >= 0.3 is 0 Å². The predicted molar refractivity (Wildman–Crippen MR) is 156 cm³/mol. The zero-order valence-electron chi connectivity index (χ0n) is 22.4. The zero-order valence-corrected chi connectivity index (χ0v) is 26.4. The first-order chi connectivity index (χ1) is 16.7. The van der Waals surface area contributed by atoms with Gasteiger partial charge in [-0.3, -0.25) is 0 Å². The molecule has 0 amide bonds. The van der Waals surface area contributed by atoms with Crippen molar-refractivity contribution in [2.24, 2.45) is 35.5 Å². The van der Waals surface area contributed by atoms with Crippen molar-refractivity contribution in [1.29, 1.82) is 0 Å². The third kappa shape index (κ3) is 13.4. The van der Waals surface area contributed by atoms with Gasteiger partial charge in [0.2, 0.25) is 0 Å². The summed E-state index contributed by atoms with van der Waals surface area (Å²) < 4.78 is 0. The van der Waals surface area contributed by atoms with Gasteiger partial charge in [-0.15, -0.1) is 0 Å². The van der Waals surface area contributed by atoms with E-state index in [4.69, 9.17) is 0 Å². The average Bonchev–Trinajstić information content (AvgIpc) is 2.85. The van der Waals surface area contributed by atoms with Gasteiger partial charge in [0.15, 0.2) is 0 Å². The lowest BCUT2D eigenvalue weighted by Gasteiger charge is -2.36. The monoisotopic (exact) mass is 526 g/mol. The molecule has 0 aromatic rings. The summed E-state index contributed by atoms with van der Waals surface area (Å²) in [5.41, 5.74) is 0. The molecule has 0 bridgehead atoms. The van der Waals surface area contributed by atoms with Crippen LogP contribution in [0.3, 0.4) is 0 Å². The first-order valence-electron chi connectivity index (χ1n) is 15.3. The second-order valence-electron chi connectivity index (χ2n) is 12.2. The zero-order chi connectivity index (χ0) is 24.4. The van der Waals surface area contributed by atoms with Gasteiger partial charge in [0.25, 0.3) is 0 Å². The lowest BCUT2D eigenvalue weighted by Crippen LogP contribution is -2.23. The third-order valence-corrected chi connectivity index (χ3v) is 10.5. The Morgan fingerprint density at radius 1 is 0.294 bits per heavy atom. The van der Waals surface area contributed by atoms with Crippen molar-refractivity contribution in [2.75, 3.05) is 0 Å². The standard InChI is InChI=1S/C30H54Si4/c31-15-5-11-27-19-25(20-28(23-27)12-6-16-32)9-3-1-2-4-10-26-21-29(13-7-17-33)24-30(22-26)14-8-18-34/h25-30H,1-24H2. The highest BCUT2D eigenvalue weighted by Gasteiger charge is 2.29. The molecule has 0 nitrogen and oxygen atoms in total. The molecule has 2 aliphatic carbocycles. The van der Waals surface area contributed by atoms with E-state index < -0.39 is 0 Å². The van der Waals surface area contributed by atoms with Crippen LogP contribution in [0, 0.1) is 35.5 Å². The van der Waals surface area contributed by atoms with Gasteiger partial charge in [-0.25, -0.2) is 0 Å². The first-order valence-corrected chi connectivity index (χ1v) is 18.1. The highest BCUT2D eigenvalue weighted by molar-refractivity contribution is 6.09. The van der Waals surface area contributed by atoms with Crippen molar-refractivity contribution in [3.8, 4) is 0 Å². The van der Waals surface area contributed by atoms with Crippen LogP contribution in [0.5, 0.6) is 0 Å². The highest BCUT2D eigenvalue weighted by Crippen LogP contribution is 2.42. The number of hydrogen-bond donors (Lipinski definition) is 0. The minimum Gasteiger partial charge on any atom is -0.0638 e. The third-order valence-electron chi connectivity index (χ3n) is 9.13. The largest absolute Gasteiger partial charge is 0.0638 e. The normalized spacial score (nSPS) is 30.0. The Balaban J connectivity index is 1.64. The molecule has 2 aliphatic rings. The minimum atomic E-state index is 1.01. The quantitative estimate of drug-likeness (QED) is 0.116. The van der Waals surface area contributed by atoms with Crippen LogP contribution in [0.1, 0.15) is 128 Å². The summed E-state index contributed by atoms with van der Waals surface area (Å²) in [6.07, 6.45) is 29.5. The Morgan fingerprint density at radius 3 is 0.706 bits per heavy atom. The van der Waals surface area contributed by atoms with Crippen LogP contribution in [0.25, 0.3) is 0 Å². The molecule has 2 rings (SSSR count). The van der Waals surface area contributed by atoms with E-state index in [9.17, 15) is 0 Å². The van der Waals surface area contributed by atoms with Gasteiger partial charge < -0.3 is 0 Å². The van der Waals surface area contributed by atoms with Crippen molar-refractivity contribution in [3.63, 3.8) is 0 Å². The topological polar surface area (TPSA) is 0 Å². The van der Waals surface area contributed by atoms with Crippen LogP contribution in [0.4, 0.5) is 0 Å². The Kier molecular flexibility index (Phi) is 18.2. The van der Waals surface area contributed by atoms with E-state index in [0.717, 1.165) is 35.5 Å². The molecule has 2 fully saturated rings. The summed E-state index contributed by atoms with van der Waals surface area (Å²) in [7, 11) is 14.8. The van der Waals surface area contributed by atoms with Crippen LogP contribution >= 0.6 is 0 Å². The summed E-state index contributed by atoms with van der Waals surface area (Å²) in [6.45, 7) is 0. The van der Waals surface area contributed by atoms with Gasteiger partial charge in [-0.05, 0) is 74.0 Å². The fourth-order valence-electron chi connectivity index (χ4n) is 7.60. The molecule has 190 valence electrons. The average molecular weight is 527 g/mol. The van der Waals surface area contributed by atoms with Crippen molar-refractivity contribution < 1.29 is 0 Å². The molecule has 0 aromatic heterocycles. The molecule has 0 aromatic carbocycles. The number of rotatable bonds is 19. The number of hydrogen-bond acceptors (Lipinski definition) is 0. The molecule has 0 spiro atoms. The maximum atomic E-state index is 3.71. The minimum absolute atomic E-state index is 1.01. The summed E-state index contributed by atoms with van der Waals surface area (Å²) in [6, 6.07) is 4.73. The van der Waals surface area contributed by atoms with Crippen LogP contribution < -0.4 is 0 Å². The fourth-order valence-corrected chi connectivity index (χ4v) is 8.42. The molecule has 34 heavy (non-hydrogen) atoms. The SMILES string of the molecule is [Si]CCCC1CC(CCC[Si])CC(CCCCCCC2CC(CCC[Si])CC(CCC[Si])C2)C1. The lowest BCUT2D eigenvalue weighted by atomic mass is 9.70. The number of unbranched alkanes of at least 4 members (excludes halogenated alkanes) is 3. The van der Waals surface area contributed by atoms with Crippen LogP contribution in [0.15, 0.2) is 0 Å². The molecule has 0 N–H and O–H groups in total. The Hall–Kier alpha value is 0.868. The Morgan fingerprint density at radius 2 is 0.500 bits per heavy atom. The molecule has 4 atom stereocenters. The van der Waals surface area contributed by atoms with Crippen molar-refractivity contribution in [2.45, 2.75) is 153 Å². The maximum absolute atomic E-state index is 3.71. The van der Waals surface area contributed by atoms with E-state index in [1.807, 2.05) is 0 Å². The van der Waals surface area contributed by atoms with Crippen LogP contribution in [-0.2, 0) is 0 Å². The van der Waals surface area contributed by atoms with E-state index in [0.29, 0.717) is 0 Å². The molecule has 4 unspecified atom stereocenters. The predicted octanol–water partition coefficient (Wildman–Crippen LogP) is 8.86. The van der Waals surface area contributed by atoms with Gasteiger partial charge in [0, 0.05) is 41.0 Å². The van der Waals surface area contributed by atoms with Gasteiger partial charge in [0.05, 0.1) is 0 Å². The summed E-state index contributed by atoms with van der Waals surface area (Å²) in [5.74, 6) is 6.09. The van der Waals surface area contributed by atoms with Gasteiger partial charge in [-0.2, -0.15) is 0 Å². The molecule has 0 aliphatic heterocycles. The fraction of sp³-hybridized carbons (Fsp3) is 1.00. The molecule has 4 heteroatoms. The van der Waals surface area contributed by atoms with Crippen molar-refractivity contribution in [1.82, 2.24) is 0 Å². The molecule has 0 saturated heterocycles. The van der Waals surface area contributed by atoms with Gasteiger partial charge in [0.1, 0.15) is 0 Å². The van der Waals surface area contributed by atoms with Crippen LogP contribution in [0.2, 0.25) is 24.2 Å². The second-order valence-corrected chi connectivity index (χ2v) is 14.2. The van der Waals surface area contributed by atoms with Crippen molar-refractivity contribution >= 4 is 41.0 Å². The second kappa shape index (κ2) is 19.9. The molecule has 2 saturated carbocycles. The maximum Gasteiger partial charge on any atom is 0.0222 e. The van der Waals surface area contributed by atoms with Crippen LogP contribution in [-0.4, -0.2) is 41.0 Å². The smallest absolute Gasteiger partial charge is 0.0222 e. The summed E-state index contributed by atoms with van der Waals surface area (Å²) >= 11 is 0. The first kappa shape index (κ1) is 31.1. The van der Waals surface area contributed by atoms with Gasteiger partial charge in [-0.1, -0.05) is 114 Å². The van der Waals surface area contributed by atoms with E-state index >= 15 is 0 Å². The molecule has 12 radical (unpaired) electrons. The molecular formula is C30H54Si4. The Bertz CT molecular complexity index is 397. The Labute approximate surface area is 228 Å². The van der Waals surface area contributed by atoms with Crippen molar-refractivity contribution in [3.05, 3.63) is 0 Å². The summed E-state index contributed by atoms with van der Waals surface area (Å²) in [5, 5.41) is 0.